The second-order valence-electron chi connectivity index (χ2n) is 3.69. The van der Waals surface area contributed by atoms with Gasteiger partial charge in [-0.15, -0.1) is 0 Å². The molecule has 0 N–H and O–H groups in total. The molecule has 17 heavy (non-hydrogen) atoms. The second-order valence-corrected chi connectivity index (χ2v) is 4.69. The van der Waals surface area contributed by atoms with Gasteiger partial charge in [0.15, 0.2) is 0 Å². The summed E-state index contributed by atoms with van der Waals surface area (Å²) in [7, 11) is 1.64. The Hall–Kier alpha value is -0.420. The Morgan fingerprint density at radius 3 is 2.53 bits per heavy atom. The van der Waals surface area contributed by atoms with E-state index in [1.807, 2.05) is 0 Å². The van der Waals surface area contributed by atoms with Crippen molar-refractivity contribution in [1.82, 2.24) is 0 Å². The summed E-state index contributed by atoms with van der Waals surface area (Å²) in [5.74, 6) is 0. The number of alkyl halides is 4. The molecule has 0 aliphatic heterocycles. The van der Waals surface area contributed by atoms with E-state index in [1.165, 1.54) is 0 Å². The highest BCUT2D eigenvalue weighted by Gasteiger charge is 2.27. The summed E-state index contributed by atoms with van der Waals surface area (Å²) in [4.78, 5) is 1.58. The summed E-state index contributed by atoms with van der Waals surface area (Å²) in [5.41, 5.74) is 1.64. The second kappa shape index (κ2) is 5.96. The van der Waals surface area contributed by atoms with Gasteiger partial charge in [0.25, 0.3) is 0 Å². The van der Waals surface area contributed by atoms with Crippen LogP contribution in [-0.2, 0) is 5.33 Å². The summed E-state index contributed by atoms with van der Waals surface area (Å²) >= 11 is 9.12. The fourth-order valence-electron chi connectivity index (χ4n) is 1.45. The van der Waals surface area contributed by atoms with Gasteiger partial charge in [-0.25, -0.2) is 0 Å². The van der Waals surface area contributed by atoms with Crippen LogP contribution in [0.25, 0.3) is 0 Å². The molecule has 96 valence electrons. The zero-order valence-corrected chi connectivity index (χ0v) is 11.5. The summed E-state index contributed by atoms with van der Waals surface area (Å²) in [6, 6.07) is 5.15. The maximum Gasteiger partial charge on any atom is 0.390 e. The minimum Gasteiger partial charge on any atom is -0.374 e. The van der Waals surface area contributed by atoms with Gasteiger partial charge in [0.1, 0.15) is 0 Å². The standard InChI is InChI=1S/C11H12BrClF3N/c1-17(5-4-11(14,15)16)10-3-2-9(13)6-8(10)7-12/h2-3,6H,4-5,7H2,1H3. The van der Waals surface area contributed by atoms with Crippen LogP contribution in [0.2, 0.25) is 5.02 Å². The SMILES string of the molecule is CN(CCC(F)(F)F)c1ccc(Cl)cc1CBr. The molecule has 0 aliphatic rings. The Morgan fingerprint density at radius 1 is 1.35 bits per heavy atom. The highest BCUT2D eigenvalue weighted by molar-refractivity contribution is 9.08. The van der Waals surface area contributed by atoms with Crippen LogP contribution in [0.15, 0.2) is 18.2 Å². The molecule has 0 atom stereocenters. The molecule has 0 radical (unpaired) electrons. The van der Waals surface area contributed by atoms with Gasteiger partial charge < -0.3 is 4.90 Å². The number of benzene rings is 1. The minimum atomic E-state index is -4.13. The fraction of sp³-hybridized carbons (Fsp3) is 0.455. The molecule has 0 bridgehead atoms. The van der Waals surface area contributed by atoms with Crippen LogP contribution in [0.4, 0.5) is 18.9 Å². The highest BCUT2D eigenvalue weighted by atomic mass is 79.9. The van der Waals surface area contributed by atoms with Crippen LogP contribution < -0.4 is 4.90 Å². The number of halogens is 5. The van der Waals surface area contributed by atoms with E-state index in [1.54, 1.807) is 30.1 Å². The van der Waals surface area contributed by atoms with Crippen molar-refractivity contribution < 1.29 is 13.2 Å². The van der Waals surface area contributed by atoms with Crippen molar-refractivity contribution in [2.75, 3.05) is 18.5 Å². The smallest absolute Gasteiger partial charge is 0.374 e. The molecule has 1 rings (SSSR count). The predicted molar refractivity (Wildman–Crippen MR) is 68.0 cm³/mol. The van der Waals surface area contributed by atoms with Gasteiger partial charge >= 0.3 is 6.18 Å². The molecule has 0 fully saturated rings. The third kappa shape index (κ3) is 4.76. The van der Waals surface area contributed by atoms with E-state index < -0.39 is 12.6 Å². The van der Waals surface area contributed by atoms with Crippen molar-refractivity contribution in [3.05, 3.63) is 28.8 Å². The van der Waals surface area contributed by atoms with Gasteiger partial charge in [0.05, 0.1) is 6.42 Å². The van der Waals surface area contributed by atoms with Crippen LogP contribution in [0.1, 0.15) is 12.0 Å². The Balaban J connectivity index is 2.78. The van der Waals surface area contributed by atoms with Crippen LogP contribution in [0, 0.1) is 0 Å². The quantitative estimate of drug-likeness (QED) is 0.728. The first-order chi connectivity index (χ1) is 7.83. The van der Waals surface area contributed by atoms with Crippen LogP contribution >= 0.6 is 27.5 Å². The highest BCUT2D eigenvalue weighted by Crippen LogP contribution is 2.27. The molecular formula is C11H12BrClF3N. The van der Waals surface area contributed by atoms with Crippen molar-refractivity contribution >= 4 is 33.2 Å². The van der Waals surface area contributed by atoms with Crippen LogP contribution in [-0.4, -0.2) is 19.8 Å². The summed E-state index contributed by atoms with van der Waals surface area (Å²) in [5, 5.41) is 1.13. The largest absolute Gasteiger partial charge is 0.390 e. The summed E-state index contributed by atoms with van der Waals surface area (Å²) in [6.45, 7) is -0.0644. The Morgan fingerprint density at radius 2 is 2.00 bits per heavy atom. The molecular weight excluding hydrogens is 318 g/mol. The van der Waals surface area contributed by atoms with Gasteiger partial charge in [-0.2, -0.15) is 13.2 Å². The maximum absolute atomic E-state index is 12.1. The van der Waals surface area contributed by atoms with Crippen molar-refractivity contribution in [2.24, 2.45) is 0 Å². The number of hydrogen-bond donors (Lipinski definition) is 0. The average Bonchev–Trinajstić information content (AvgIpc) is 2.24. The summed E-state index contributed by atoms with van der Waals surface area (Å²) < 4.78 is 36.4. The lowest BCUT2D eigenvalue weighted by atomic mass is 10.2. The summed E-state index contributed by atoms with van der Waals surface area (Å²) in [6.07, 6.45) is -4.96. The lowest BCUT2D eigenvalue weighted by Crippen LogP contribution is -2.24. The van der Waals surface area contributed by atoms with Crippen molar-refractivity contribution in [3.63, 3.8) is 0 Å². The third-order valence-electron chi connectivity index (χ3n) is 2.33. The van der Waals surface area contributed by atoms with Gasteiger partial charge in [-0.05, 0) is 23.8 Å². The lowest BCUT2D eigenvalue weighted by molar-refractivity contribution is -0.132. The number of anilines is 1. The minimum absolute atomic E-state index is 0.0644. The van der Waals surface area contributed by atoms with Gasteiger partial charge in [0.2, 0.25) is 0 Å². The molecule has 1 aromatic rings. The van der Waals surface area contributed by atoms with E-state index in [0.29, 0.717) is 10.4 Å². The number of hydrogen-bond acceptors (Lipinski definition) is 1. The first-order valence-electron chi connectivity index (χ1n) is 4.96. The van der Waals surface area contributed by atoms with Gasteiger partial charge in [-0.1, -0.05) is 27.5 Å². The van der Waals surface area contributed by atoms with Crippen molar-refractivity contribution in [3.8, 4) is 0 Å². The molecule has 0 unspecified atom stereocenters. The van der Waals surface area contributed by atoms with E-state index in [9.17, 15) is 13.2 Å². The molecule has 0 amide bonds. The Bertz CT molecular complexity index is 381. The van der Waals surface area contributed by atoms with E-state index in [2.05, 4.69) is 15.9 Å². The topological polar surface area (TPSA) is 3.24 Å². The molecule has 0 heterocycles. The molecule has 0 aliphatic carbocycles. The lowest BCUT2D eigenvalue weighted by Gasteiger charge is -2.22. The molecule has 1 nitrogen and oxygen atoms in total. The first kappa shape index (κ1) is 14.6. The van der Waals surface area contributed by atoms with Crippen molar-refractivity contribution in [1.29, 1.82) is 0 Å². The van der Waals surface area contributed by atoms with E-state index >= 15 is 0 Å². The van der Waals surface area contributed by atoms with Crippen LogP contribution in [0.3, 0.4) is 0 Å². The molecule has 0 saturated carbocycles. The zero-order valence-electron chi connectivity index (χ0n) is 9.19. The van der Waals surface area contributed by atoms with Gasteiger partial charge in [0, 0.05) is 29.6 Å². The third-order valence-corrected chi connectivity index (χ3v) is 3.17. The predicted octanol–water partition coefficient (Wildman–Crippen LogP) is 4.62. The fourth-order valence-corrected chi connectivity index (χ4v) is 2.09. The normalized spacial score (nSPS) is 11.6. The van der Waals surface area contributed by atoms with E-state index in [4.69, 9.17) is 11.6 Å². The molecule has 0 spiro atoms. The molecule has 0 aromatic heterocycles. The number of rotatable bonds is 4. The maximum atomic E-state index is 12.1. The Labute approximate surface area is 112 Å². The molecule has 6 heteroatoms. The molecule has 1 aromatic carbocycles. The number of nitrogens with zero attached hydrogens (tertiary/aromatic N) is 1. The average molecular weight is 331 g/mol. The van der Waals surface area contributed by atoms with E-state index in [0.717, 1.165) is 11.3 Å². The van der Waals surface area contributed by atoms with E-state index in [-0.39, 0.29) is 6.54 Å². The molecule has 0 saturated heterocycles. The monoisotopic (exact) mass is 329 g/mol. The van der Waals surface area contributed by atoms with Gasteiger partial charge in [-0.3, -0.25) is 0 Å². The van der Waals surface area contributed by atoms with Crippen LogP contribution in [0.5, 0.6) is 0 Å². The first-order valence-corrected chi connectivity index (χ1v) is 6.45. The zero-order chi connectivity index (χ0) is 13.1. The van der Waals surface area contributed by atoms with Crippen molar-refractivity contribution in [2.45, 2.75) is 17.9 Å². The Kier molecular flexibility index (Phi) is 5.13.